The fraction of sp³-hybridized carbons (Fsp3) is 0.750. The molecule has 18 heavy (non-hydrogen) atoms. The molecule has 0 radical (unpaired) electrons. The van der Waals surface area contributed by atoms with Gasteiger partial charge in [0.1, 0.15) is 0 Å². The van der Waals surface area contributed by atoms with Crippen LogP contribution in [-0.4, -0.2) is 47.2 Å². The third-order valence-electron chi connectivity index (χ3n) is 2.65. The lowest BCUT2D eigenvalue weighted by Crippen LogP contribution is -2.46. The average molecular weight is 296 g/mol. The van der Waals surface area contributed by atoms with Crippen molar-refractivity contribution in [3.05, 3.63) is 12.7 Å². The van der Waals surface area contributed by atoms with Crippen molar-refractivity contribution in [1.82, 2.24) is 4.90 Å². The Hall–Kier alpha value is -0.290. The van der Waals surface area contributed by atoms with Crippen molar-refractivity contribution in [3.8, 4) is 0 Å². The van der Waals surface area contributed by atoms with Gasteiger partial charge in [-0.3, -0.25) is 4.79 Å². The second-order valence-corrected chi connectivity index (χ2v) is 5.49. The highest BCUT2D eigenvalue weighted by Crippen LogP contribution is 2.19. The van der Waals surface area contributed by atoms with Gasteiger partial charge in [-0.25, -0.2) is 0 Å². The summed E-state index contributed by atoms with van der Waals surface area (Å²) in [4.78, 5) is 12.2. The van der Waals surface area contributed by atoms with Gasteiger partial charge >= 0.3 is 0 Å². The monoisotopic (exact) mass is 295 g/mol. The Morgan fingerprint density at radius 2 is 2.00 bits per heavy atom. The van der Waals surface area contributed by atoms with Crippen LogP contribution < -0.4 is 0 Å². The summed E-state index contributed by atoms with van der Waals surface area (Å²) in [6, 6.07) is 0. The molecule has 1 heterocycles. The molecule has 1 aliphatic heterocycles. The van der Waals surface area contributed by atoms with Crippen LogP contribution in [-0.2, 0) is 14.3 Å². The standard InChI is InChI=1S/C12H19Cl2NO3/c1-4-5-15(12(16)11(13)14)7-10-17-8(2)6-9(3)18-10/h4,8-11H,1,5-7H2,2-3H3. The van der Waals surface area contributed by atoms with E-state index in [1.165, 1.54) is 4.90 Å². The fourth-order valence-corrected chi connectivity index (χ4v) is 2.22. The molecule has 0 aromatic heterocycles. The highest BCUT2D eigenvalue weighted by Gasteiger charge is 2.29. The van der Waals surface area contributed by atoms with E-state index in [9.17, 15) is 4.79 Å². The number of carbonyl (C=O) groups is 1. The van der Waals surface area contributed by atoms with Gasteiger partial charge < -0.3 is 14.4 Å². The molecule has 1 fully saturated rings. The Kier molecular flexibility index (Phi) is 6.43. The van der Waals surface area contributed by atoms with E-state index in [0.29, 0.717) is 13.1 Å². The molecule has 1 amide bonds. The van der Waals surface area contributed by atoms with Crippen LogP contribution in [0.25, 0.3) is 0 Å². The molecule has 0 saturated carbocycles. The lowest BCUT2D eigenvalue weighted by atomic mass is 10.2. The summed E-state index contributed by atoms with van der Waals surface area (Å²) in [6.45, 7) is 8.23. The number of rotatable bonds is 5. The molecule has 0 spiro atoms. The van der Waals surface area contributed by atoms with Crippen molar-refractivity contribution in [2.45, 2.75) is 43.6 Å². The Labute approximate surface area is 118 Å². The first-order valence-electron chi connectivity index (χ1n) is 5.92. The van der Waals surface area contributed by atoms with Gasteiger partial charge in [-0.15, -0.1) is 6.58 Å². The molecule has 1 saturated heterocycles. The van der Waals surface area contributed by atoms with Crippen LogP contribution in [0.15, 0.2) is 12.7 Å². The zero-order valence-corrected chi connectivity index (χ0v) is 12.2. The van der Waals surface area contributed by atoms with Crippen molar-refractivity contribution in [3.63, 3.8) is 0 Å². The second kappa shape index (κ2) is 7.34. The van der Waals surface area contributed by atoms with Crippen LogP contribution >= 0.6 is 23.2 Å². The molecule has 0 aliphatic carbocycles. The first-order chi connectivity index (χ1) is 8.43. The normalized spacial score (nSPS) is 28.2. The SMILES string of the molecule is C=CCN(CC1OC(C)CC(C)O1)C(=O)C(Cl)Cl. The molecular formula is C12H19Cl2NO3. The van der Waals surface area contributed by atoms with Gasteiger partial charge in [-0.1, -0.05) is 29.3 Å². The molecule has 1 rings (SSSR count). The minimum atomic E-state index is -1.08. The van der Waals surface area contributed by atoms with Gasteiger partial charge in [-0.2, -0.15) is 0 Å². The predicted molar refractivity (Wildman–Crippen MR) is 71.8 cm³/mol. The molecule has 4 nitrogen and oxygen atoms in total. The van der Waals surface area contributed by atoms with Crippen molar-refractivity contribution in [2.75, 3.05) is 13.1 Å². The van der Waals surface area contributed by atoms with E-state index >= 15 is 0 Å². The number of halogens is 2. The number of nitrogens with zero attached hydrogens (tertiary/aromatic N) is 1. The van der Waals surface area contributed by atoms with E-state index in [-0.39, 0.29) is 18.1 Å². The third kappa shape index (κ3) is 4.76. The van der Waals surface area contributed by atoms with Crippen LogP contribution in [0.5, 0.6) is 0 Å². The highest BCUT2D eigenvalue weighted by molar-refractivity contribution is 6.53. The van der Waals surface area contributed by atoms with Crippen LogP contribution in [0.2, 0.25) is 0 Å². The van der Waals surface area contributed by atoms with Gasteiger partial charge in [-0.05, 0) is 20.3 Å². The predicted octanol–water partition coefficient (Wildman–Crippen LogP) is 2.34. The smallest absolute Gasteiger partial charge is 0.256 e. The van der Waals surface area contributed by atoms with Gasteiger partial charge in [0.05, 0.1) is 18.8 Å². The minimum Gasteiger partial charge on any atom is -0.348 e. The Balaban J connectivity index is 2.59. The van der Waals surface area contributed by atoms with E-state index in [2.05, 4.69) is 6.58 Å². The molecule has 0 aromatic carbocycles. The molecule has 6 heteroatoms. The Bertz CT molecular complexity index is 289. The molecular weight excluding hydrogens is 277 g/mol. The summed E-state index contributed by atoms with van der Waals surface area (Å²) in [7, 11) is 0. The van der Waals surface area contributed by atoms with E-state index in [4.69, 9.17) is 32.7 Å². The number of alkyl halides is 2. The Morgan fingerprint density at radius 3 is 2.44 bits per heavy atom. The fourth-order valence-electron chi connectivity index (χ4n) is 1.94. The summed E-state index contributed by atoms with van der Waals surface area (Å²) in [5.41, 5.74) is 0. The molecule has 104 valence electrons. The van der Waals surface area contributed by atoms with Gasteiger partial charge in [0.15, 0.2) is 11.1 Å². The minimum absolute atomic E-state index is 0.113. The zero-order chi connectivity index (χ0) is 13.7. The quantitative estimate of drug-likeness (QED) is 0.577. The highest BCUT2D eigenvalue weighted by atomic mass is 35.5. The summed E-state index contributed by atoms with van der Waals surface area (Å²) in [5.74, 6) is -0.365. The average Bonchev–Trinajstić information content (AvgIpc) is 2.26. The summed E-state index contributed by atoms with van der Waals surface area (Å²) in [5, 5.41) is 0. The summed E-state index contributed by atoms with van der Waals surface area (Å²) >= 11 is 11.2. The van der Waals surface area contributed by atoms with Crippen molar-refractivity contribution < 1.29 is 14.3 Å². The maximum absolute atomic E-state index is 11.8. The number of carbonyl (C=O) groups excluding carboxylic acids is 1. The maximum Gasteiger partial charge on any atom is 0.256 e. The summed E-state index contributed by atoms with van der Waals surface area (Å²) in [6.07, 6.45) is 2.24. The van der Waals surface area contributed by atoms with Crippen LogP contribution in [0.3, 0.4) is 0 Å². The summed E-state index contributed by atoms with van der Waals surface area (Å²) < 4.78 is 11.3. The van der Waals surface area contributed by atoms with Crippen LogP contribution in [0, 0.1) is 0 Å². The van der Waals surface area contributed by atoms with Gasteiger partial charge in [0.25, 0.3) is 5.91 Å². The van der Waals surface area contributed by atoms with Crippen LogP contribution in [0.1, 0.15) is 20.3 Å². The third-order valence-corrected chi connectivity index (χ3v) is 3.02. The lowest BCUT2D eigenvalue weighted by molar-refractivity contribution is -0.238. The first-order valence-corrected chi connectivity index (χ1v) is 6.80. The molecule has 0 aromatic rings. The molecule has 2 unspecified atom stereocenters. The number of amides is 1. The van der Waals surface area contributed by atoms with Crippen molar-refractivity contribution in [2.24, 2.45) is 0 Å². The van der Waals surface area contributed by atoms with E-state index in [1.54, 1.807) is 6.08 Å². The van der Waals surface area contributed by atoms with Crippen molar-refractivity contribution in [1.29, 1.82) is 0 Å². The molecule has 0 bridgehead atoms. The molecule has 2 atom stereocenters. The van der Waals surface area contributed by atoms with E-state index in [1.807, 2.05) is 13.8 Å². The second-order valence-electron chi connectivity index (χ2n) is 4.39. The van der Waals surface area contributed by atoms with Crippen LogP contribution in [0.4, 0.5) is 0 Å². The number of hydrogen-bond donors (Lipinski definition) is 0. The zero-order valence-electron chi connectivity index (χ0n) is 10.6. The maximum atomic E-state index is 11.8. The number of ether oxygens (including phenoxy) is 2. The molecule has 1 aliphatic rings. The van der Waals surface area contributed by atoms with Gasteiger partial charge in [0.2, 0.25) is 0 Å². The van der Waals surface area contributed by atoms with Crippen molar-refractivity contribution >= 4 is 29.1 Å². The van der Waals surface area contributed by atoms with E-state index in [0.717, 1.165) is 6.42 Å². The largest absolute Gasteiger partial charge is 0.348 e. The van der Waals surface area contributed by atoms with E-state index < -0.39 is 11.1 Å². The Morgan fingerprint density at radius 1 is 1.44 bits per heavy atom. The molecule has 0 N–H and O–H groups in total. The van der Waals surface area contributed by atoms with Gasteiger partial charge in [0, 0.05) is 6.54 Å². The first kappa shape index (κ1) is 15.8. The topological polar surface area (TPSA) is 38.8 Å². The number of hydrogen-bond acceptors (Lipinski definition) is 3. The lowest BCUT2D eigenvalue weighted by Gasteiger charge is -2.35.